The molecule has 0 radical (unpaired) electrons. The van der Waals surface area contributed by atoms with Crippen LogP contribution in [0.2, 0.25) is 0 Å². The molecule has 2 N–H and O–H groups in total. The number of nitrogens with zero attached hydrogens (tertiary/aromatic N) is 1. The Morgan fingerprint density at radius 2 is 2.16 bits per heavy atom. The second-order valence-electron chi connectivity index (χ2n) is 5.44. The summed E-state index contributed by atoms with van der Waals surface area (Å²) in [6, 6.07) is 8.04. The van der Waals surface area contributed by atoms with Gasteiger partial charge in [0.25, 0.3) is 0 Å². The number of likely N-dealkylation sites (tertiary alicyclic amines) is 1. The molecule has 1 fully saturated rings. The molecule has 4 heteroatoms. The van der Waals surface area contributed by atoms with Crippen molar-refractivity contribution in [2.75, 3.05) is 19.6 Å². The molecule has 1 aromatic rings. The lowest BCUT2D eigenvalue weighted by Crippen LogP contribution is -2.36. The first-order valence-electron chi connectivity index (χ1n) is 6.78. The summed E-state index contributed by atoms with van der Waals surface area (Å²) in [5.74, 6) is 0.272. The fourth-order valence-corrected chi connectivity index (χ4v) is 2.44. The fourth-order valence-electron chi connectivity index (χ4n) is 2.44. The number of aliphatic hydroxyl groups is 1. The standard InChI is InChI=1S/C15H22N2O2/c1-11-5-3-4-6-13(11)7-16-15(19)10-17-8-12(2)14(18)9-17/h3-6,12,14,18H,7-10H2,1-2H3,(H,16,19). The number of carbonyl (C=O) groups excluding carboxylic acids is 1. The second kappa shape index (κ2) is 6.17. The largest absolute Gasteiger partial charge is 0.391 e. The lowest BCUT2D eigenvalue weighted by Gasteiger charge is -2.15. The Balaban J connectivity index is 1.78. The Bertz CT molecular complexity index is 438. The molecule has 1 amide bonds. The third kappa shape index (κ3) is 3.78. The van der Waals surface area contributed by atoms with Gasteiger partial charge in [0.2, 0.25) is 5.91 Å². The van der Waals surface area contributed by atoms with Crippen molar-refractivity contribution >= 4 is 5.91 Å². The molecule has 4 nitrogen and oxygen atoms in total. The lowest BCUT2D eigenvalue weighted by atomic mass is 10.1. The molecule has 1 saturated heterocycles. The van der Waals surface area contributed by atoms with Crippen LogP contribution in [0, 0.1) is 12.8 Å². The van der Waals surface area contributed by atoms with Gasteiger partial charge >= 0.3 is 0 Å². The lowest BCUT2D eigenvalue weighted by molar-refractivity contribution is -0.122. The number of hydrogen-bond donors (Lipinski definition) is 2. The van der Waals surface area contributed by atoms with E-state index in [-0.39, 0.29) is 17.9 Å². The average Bonchev–Trinajstić information content (AvgIpc) is 2.67. The Morgan fingerprint density at radius 1 is 1.42 bits per heavy atom. The number of benzene rings is 1. The van der Waals surface area contributed by atoms with E-state index in [1.54, 1.807) is 0 Å². The van der Waals surface area contributed by atoms with E-state index >= 15 is 0 Å². The predicted molar refractivity (Wildman–Crippen MR) is 74.6 cm³/mol. The predicted octanol–water partition coefficient (Wildman–Crippen LogP) is 0.924. The highest BCUT2D eigenvalue weighted by Gasteiger charge is 2.28. The van der Waals surface area contributed by atoms with E-state index < -0.39 is 0 Å². The molecule has 2 rings (SSSR count). The molecule has 19 heavy (non-hydrogen) atoms. The van der Waals surface area contributed by atoms with Gasteiger partial charge < -0.3 is 10.4 Å². The molecule has 0 aromatic heterocycles. The van der Waals surface area contributed by atoms with Crippen LogP contribution < -0.4 is 5.32 Å². The summed E-state index contributed by atoms with van der Waals surface area (Å²) in [4.78, 5) is 13.9. The van der Waals surface area contributed by atoms with Crippen molar-refractivity contribution in [3.63, 3.8) is 0 Å². The normalized spacial score (nSPS) is 23.5. The van der Waals surface area contributed by atoms with Crippen LogP contribution in [0.5, 0.6) is 0 Å². The first-order valence-corrected chi connectivity index (χ1v) is 6.78. The third-order valence-electron chi connectivity index (χ3n) is 3.75. The molecule has 0 bridgehead atoms. The van der Waals surface area contributed by atoms with E-state index in [4.69, 9.17) is 0 Å². The van der Waals surface area contributed by atoms with E-state index in [0.29, 0.717) is 19.6 Å². The smallest absolute Gasteiger partial charge is 0.234 e. The van der Waals surface area contributed by atoms with Gasteiger partial charge in [0.15, 0.2) is 0 Å². The molecular weight excluding hydrogens is 240 g/mol. The molecule has 0 saturated carbocycles. The summed E-state index contributed by atoms with van der Waals surface area (Å²) in [7, 11) is 0. The monoisotopic (exact) mass is 262 g/mol. The van der Waals surface area contributed by atoms with Gasteiger partial charge in [-0.1, -0.05) is 31.2 Å². The summed E-state index contributed by atoms with van der Waals surface area (Å²) in [5.41, 5.74) is 2.33. The van der Waals surface area contributed by atoms with Gasteiger partial charge in [-0.25, -0.2) is 0 Å². The number of amides is 1. The average molecular weight is 262 g/mol. The topological polar surface area (TPSA) is 52.6 Å². The van der Waals surface area contributed by atoms with E-state index in [9.17, 15) is 9.90 Å². The van der Waals surface area contributed by atoms with Crippen LogP contribution in [0.4, 0.5) is 0 Å². The Labute approximate surface area is 114 Å². The number of β-amino-alcohol motifs (C(OH)–C–C–N with tert-alkyl or cyclic N) is 1. The first-order chi connectivity index (χ1) is 9.06. The number of hydrogen-bond acceptors (Lipinski definition) is 3. The maximum atomic E-state index is 11.9. The first kappa shape index (κ1) is 14.0. The van der Waals surface area contributed by atoms with Crippen molar-refractivity contribution in [3.05, 3.63) is 35.4 Å². The van der Waals surface area contributed by atoms with Crippen LogP contribution in [0.1, 0.15) is 18.1 Å². The van der Waals surface area contributed by atoms with Crippen molar-refractivity contribution in [3.8, 4) is 0 Å². The van der Waals surface area contributed by atoms with E-state index in [1.165, 1.54) is 5.56 Å². The zero-order valence-electron chi connectivity index (χ0n) is 11.6. The van der Waals surface area contributed by atoms with Gasteiger partial charge in [-0.3, -0.25) is 9.69 Å². The van der Waals surface area contributed by atoms with Gasteiger partial charge in [0.1, 0.15) is 0 Å². The molecular formula is C15H22N2O2. The quantitative estimate of drug-likeness (QED) is 0.848. The number of aliphatic hydroxyl groups excluding tert-OH is 1. The van der Waals surface area contributed by atoms with Gasteiger partial charge in [0, 0.05) is 19.6 Å². The van der Waals surface area contributed by atoms with E-state index in [1.807, 2.05) is 43.0 Å². The highest BCUT2D eigenvalue weighted by Crippen LogP contribution is 2.15. The third-order valence-corrected chi connectivity index (χ3v) is 3.75. The van der Waals surface area contributed by atoms with Crippen LogP contribution in [0.25, 0.3) is 0 Å². The van der Waals surface area contributed by atoms with Crippen molar-refractivity contribution < 1.29 is 9.90 Å². The van der Waals surface area contributed by atoms with Crippen LogP contribution in [0.3, 0.4) is 0 Å². The number of carbonyl (C=O) groups is 1. The Kier molecular flexibility index (Phi) is 4.56. The summed E-state index contributed by atoms with van der Waals surface area (Å²) >= 11 is 0. The van der Waals surface area contributed by atoms with Gasteiger partial charge in [-0.05, 0) is 24.0 Å². The SMILES string of the molecule is Cc1ccccc1CNC(=O)CN1CC(C)C(O)C1. The van der Waals surface area contributed by atoms with Crippen LogP contribution in [-0.2, 0) is 11.3 Å². The zero-order chi connectivity index (χ0) is 13.8. The van der Waals surface area contributed by atoms with Crippen molar-refractivity contribution in [1.82, 2.24) is 10.2 Å². The highest BCUT2D eigenvalue weighted by atomic mass is 16.3. The van der Waals surface area contributed by atoms with Gasteiger partial charge in [0.05, 0.1) is 12.6 Å². The molecule has 1 aromatic carbocycles. The maximum absolute atomic E-state index is 11.9. The van der Waals surface area contributed by atoms with Crippen LogP contribution in [-0.4, -0.2) is 41.7 Å². The molecule has 104 valence electrons. The minimum absolute atomic E-state index is 0.0181. The summed E-state index contributed by atoms with van der Waals surface area (Å²) in [6.07, 6.45) is -0.302. The number of aryl methyl sites for hydroxylation is 1. The van der Waals surface area contributed by atoms with Crippen molar-refractivity contribution in [1.29, 1.82) is 0 Å². The van der Waals surface area contributed by atoms with E-state index in [2.05, 4.69) is 5.32 Å². The molecule has 2 unspecified atom stereocenters. The summed E-state index contributed by atoms with van der Waals surface area (Å²) < 4.78 is 0. The molecule has 1 aliphatic heterocycles. The minimum Gasteiger partial charge on any atom is -0.391 e. The molecule has 0 spiro atoms. The molecule has 2 atom stereocenters. The summed E-state index contributed by atoms with van der Waals surface area (Å²) in [6.45, 7) is 6.37. The molecule has 0 aliphatic carbocycles. The Morgan fingerprint density at radius 3 is 2.79 bits per heavy atom. The fraction of sp³-hybridized carbons (Fsp3) is 0.533. The minimum atomic E-state index is -0.302. The highest BCUT2D eigenvalue weighted by molar-refractivity contribution is 5.78. The van der Waals surface area contributed by atoms with Crippen molar-refractivity contribution in [2.24, 2.45) is 5.92 Å². The molecule has 1 heterocycles. The Hall–Kier alpha value is -1.39. The number of nitrogens with one attached hydrogen (secondary N) is 1. The zero-order valence-corrected chi connectivity index (χ0v) is 11.6. The van der Waals surface area contributed by atoms with Gasteiger partial charge in [-0.15, -0.1) is 0 Å². The molecule has 1 aliphatic rings. The summed E-state index contributed by atoms with van der Waals surface area (Å²) in [5, 5.41) is 12.6. The van der Waals surface area contributed by atoms with Gasteiger partial charge in [-0.2, -0.15) is 0 Å². The van der Waals surface area contributed by atoms with Crippen molar-refractivity contribution in [2.45, 2.75) is 26.5 Å². The second-order valence-corrected chi connectivity index (χ2v) is 5.44. The van der Waals surface area contributed by atoms with Crippen LogP contribution in [0.15, 0.2) is 24.3 Å². The number of rotatable bonds is 4. The maximum Gasteiger partial charge on any atom is 0.234 e. The van der Waals surface area contributed by atoms with Crippen LogP contribution >= 0.6 is 0 Å². The van der Waals surface area contributed by atoms with E-state index in [0.717, 1.165) is 12.1 Å².